The van der Waals surface area contributed by atoms with Gasteiger partial charge in [0.1, 0.15) is 17.3 Å². The Morgan fingerprint density at radius 3 is 2.44 bits per heavy atom. The van der Waals surface area contributed by atoms with Crippen molar-refractivity contribution >= 4 is 43.9 Å². The Labute approximate surface area is 214 Å². The zero-order valence-corrected chi connectivity index (χ0v) is 21.8. The van der Waals surface area contributed by atoms with Gasteiger partial charge in [0.05, 0.1) is 29.9 Å². The molecule has 8 nitrogen and oxygen atoms in total. The van der Waals surface area contributed by atoms with Crippen LogP contribution < -0.4 is 14.4 Å². The average molecular weight is 529 g/mol. The Bertz CT molecular complexity index is 1350. The van der Waals surface area contributed by atoms with Gasteiger partial charge in [-0.05, 0) is 62.4 Å². The molecule has 0 aliphatic heterocycles. The van der Waals surface area contributed by atoms with Crippen molar-refractivity contribution < 1.29 is 27.5 Å². The van der Waals surface area contributed by atoms with Crippen molar-refractivity contribution in [3.63, 3.8) is 0 Å². The van der Waals surface area contributed by atoms with Gasteiger partial charge in [-0.2, -0.15) is 0 Å². The van der Waals surface area contributed by atoms with E-state index in [1.165, 1.54) is 30.6 Å². The third-order valence-corrected chi connectivity index (χ3v) is 8.86. The number of esters is 1. The van der Waals surface area contributed by atoms with Crippen LogP contribution in [0.4, 0.5) is 10.7 Å². The third-order valence-electron chi connectivity index (χ3n) is 5.88. The Hall–Kier alpha value is -3.37. The molecule has 0 radical (unpaired) electrons. The second kappa shape index (κ2) is 11.1. The lowest BCUT2D eigenvalue weighted by Crippen LogP contribution is -2.38. The second-order valence-corrected chi connectivity index (χ2v) is 11.1. The number of rotatable bonds is 9. The molecule has 10 heteroatoms. The van der Waals surface area contributed by atoms with Crippen molar-refractivity contribution in [2.24, 2.45) is 0 Å². The quantitative estimate of drug-likeness (QED) is 0.406. The first-order valence-electron chi connectivity index (χ1n) is 11.7. The number of aryl methyl sites for hydroxylation is 1. The van der Waals surface area contributed by atoms with Crippen LogP contribution in [-0.2, 0) is 32.4 Å². The zero-order chi connectivity index (χ0) is 25.7. The van der Waals surface area contributed by atoms with Crippen molar-refractivity contribution in [3.05, 3.63) is 70.6 Å². The van der Waals surface area contributed by atoms with Crippen LogP contribution in [0.25, 0.3) is 0 Å². The van der Waals surface area contributed by atoms with Crippen LogP contribution >= 0.6 is 11.3 Å². The topological polar surface area (TPSA) is 102 Å². The number of methoxy groups -OCH3 is 1. The SMILES string of the molecule is CCOC(=O)c1c(NC(=O)CN(c2ccccc2OC)S(=O)(=O)c2ccccc2)sc2c1CCCC2. The average Bonchev–Trinajstić information content (AvgIpc) is 3.25. The highest BCUT2D eigenvalue weighted by molar-refractivity contribution is 7.92. The first-order valence-corrected chi connectivity index (χ1v) is 13.9. The summed E-state index contributed by atoms with van der Waals surface area (Å²) in [5.74, 6) is -0.751. The Balaban J connectivity index is 1.70. The smallest absolute Gasteiger partial charge is 0.341 e. The number of benzene rings is 2. The highest BCUT2D eigenvalue weighted by atomic mass is 32.2. The minimum absolute atomic E-state index is 0.0440. The van der Waals surface area contributed by atoms with E-state index in [0.717, 1.165) is 40.4 Å². The van der Waals surface area contributed by atoms with E-state index in [4.69, 9.17) is 9.47 Å². The number of carbonyl (C=O) groups excluding carboxylic acids is 2. The zero-order valence-electron chi connectivity index (χ0n) is 20.2. The first-order chi connectivity index (χ1) is 17.4. The van der Waals surface area contributed by atoms with E-state index < -0.39 is 28.4 Å². The Morgan fingerprint density at radius 1 is 1.03 bits per heavy atom. The molecule has 1 amide bonds. The van der Waals surface area contributed by atoms with Gasteiger partial charge in [0.2, 0.25) is 5.91 Å². The highest BCUT2D eigenvalue weighted by Crippen LogP contribution is 2.39. The fourth-order valence-electron chi connectivity index (χ4n) is 4.22. The Morgan fingerprint density at radius 2 is 1.72 bits per heavy atom. The number of fused-ring (bicyclic) bond motifs is 1. The van der Waals surface area contributed by atoms with Crippen LogP contribution in [0.3, 0.4) is 0 Å². The van der Waals surface area contributed by atoms with Crippen LogP contribution in [0.5, 0.6) is 5.75 Å². The van der Waals surface area contributed by atoms with Crippen molar-refractivity contribution in [2.45, 2.75) is 37.5 Å². The molecule has 0 atom stereocenters. The van der Waals surface area contributed by atoms with Crippen LogP contribution in [0.15, 0.2) is 59.5 Å². The molecule has 4 rings (SSSR count). The van der Waals surface area contributed by atoms with E-state index in [2.05, 4.69) is 5.32 Å². The molecule has 0 fully saturated rings. The standard InChI is InChI=1S/C26H28N2O6S2/c1-3-34-26(30)24-19-13-7-10-16-22(19)35-25(24)27-23(29)17-28(20-14-8-9-15-21(20)33-2)36(31,32)18-11-5-4-6-12-18/h4-6,8-9,11-12,14-15H,3,7,10,13,16-17H2,1-2H3,(H,27,29). The normalized spacial score (nSPS) is 12.9. The largest absolute Gasteiger partial charge is 0.495 e. The van der Waals surface area contributed by atoms with Gasteiger partial charge in [-0.1, -0.05) is 30.3 Å². The first kappa shape index (κ1) is 25.7. The third kappa shape index (κ3) is 5.24. The monoisotopic (exact) mass is 528 g/mol. The lowest BCUT2D eigenvalue weighted by atomic mass is 9.95. The predicted octanol–water partition coefficient (Wildman–Crippen LogP) is 4.65. The van der Waals surface area contributed by atoms with Crippen molar-refractivity contribution in [2.75, 3.05) is 29.9 Å². The summed E-state index contributed by atoms with van der Waals surface area (Å²) in [6.07, 6.45) is 3.55. The van der Waals surface area contributed by atoms with Crippen LogP contribution in [-0.4, -0.2) is 40.6 Å². The number of amides is 1. The number of hydrogen-bond acceptors (Lipinski definition) is 7. The summed E-state index contributed by atoms with van der Waals surface area (Å²) in [6, 6.07) is 14.5. The summed E-state index contributed by atoms with van der Waals surface area (Å²) in [5.41, 5.74) is 1.52. The summed E-state index contributed by atoms with van der Waals surface area (Å²) in [4.78, 5) is 27.2. The number of sulfonamides is 1. The van der Waals surface area contributed by atoms with Crippen LogP contribution in [0.1, 0.15) is 40.6 Å². The number of carbonyl (C=O) groups is 2. The van der Waals surface area contributed by atoms with Gasteiger partial charge in [0.25, 0.3) is 10.0 Å². The summed E-state index contributed by atoms with van der Waals surface area (Å²) < 4.78 is 38.9. The van der Waals surface area contributed by atoms with Gasteiger partial charge in [-0.25, -0.2) is 13.2 Å². The van der Waals surface area contributed by atoms with Gasteiger partial charge in [0.15, 0.2) is 0 Å². The highest BCUT2D eigenvalue weighted by Gasteiger charge is 2.31. The molecule has 0 spiro atoms. The minimum Gasteiger partial charge on any atom is -0.495 e. The number of para-hydroxylation sites is 2. The summed E-state index contributed by atoms with van der Waals surface area (Å²) >= 11 is 1.35. The van der Waals surface area contributed by atoms with Gasteiger partial charge < -0.3 is 14.8 Å². The fourth-order valence-corrected chi connectivity index (χ4v) is 6.97. The maximum Gasteiger partial charge on any atom is 0.341 e. The number of nitrogens with zero attached hydrogens (tertiary/aromatic N) is 1. The summed E-state index contributed by atoms with van der Waals surface area (Å²) in [7, 11) is -2.67. The molecule has 3 aromatic rings. The molecule has 0 saturated heterocycles. The molecule has 0 bridgehead atoms. The molecular weight excluding hydrogens is 500 g/mol. The minimum atomic E-state index is -4.11. The summed E-state index contributed by atoms with van der Waals surface area (Å²) in [5, 5.41) is 3.19. The van der Waals surface area contributed by atoms with Gasteiger partial charge in [-0.3, -0.25) is 9.10 Å². The Kier molecular flexibility index (Phi) is 7.95. The number of ether oxygens (including phenoxy) is 2. The molecule has 2 aromatic carbocycles. The van der Waals surface area contributed by atoms with E-state index in [0.29, 0.717) is 16.3 Å². The number of thiophene rings is 1. The maximum atomic E-state index is 13.6. The van der Waals surface area contributed by atoms with Crippen molar-refractivity contribution in [3.8, 4) is 5.75 Å². The number of anilines is 2. The number of nitrogens with one attached hydrogen (secondary N) is 1. The van der Waals surface area contributed by atoms with E-state index in [-0.39, 0.29) is 17.2 Å². The molecule has 36 heavy (non-hydrogen) atoms. The molecule has 190 valence electrons. The molecule has 1 aliphatic rings. The van der Waals surface area contributed by atoms with Crippen molar-refractivity contribution in [1.29, 1.82) is 0 Å². The van der Waals surface area contributed by atoms with Crippen LogP contribution in [0.2, 0.25) is 0 Å². The van der Waals surface area contributed by atoms with Crippen LogP contribution in [0, 0.1) is 0 Å². The van der Waals surface area contributed by atoms with Gasteiger partial charge >= 0.3 is 5.97 Å². The molecule has 0 saturated carbocycles. The number of hydrogen-bond donors (Lipinski definition) is 1. The molecular formula is C26H28N2O6S2. The maximum absolute atomic E-state index is 13.6. The van der Waals surface area contributed by atoms with E-state index >= 15 is 0 Å². The van der Waals surface area contributed by atoms with E-state index in [1.54, 1.807) is 49.4 Å². The molecule has 1 aromatic heterocycles. The van der Waals surface area contributed by atoms with E-state index in [9.17, 15) is 18.0 Å². The molecule has 0 unspecified atom stereocenters. The molecule has 1 heterocycles. The van der Waals surface area contributed by atoms with E-state index in [1.807, 2.05) is 0 Å². The molecule has 1 N–H and O–H groups in total. The molecule has 1 aliphatic carbocycles. The predicted molar refractivity (Wildman–Crippen MR) is 140 cm³/mol. The van der Waals surface area contributed by atoms with Gasteiger partial charge in [-0.15, -0.1) is 11.3 Å². The fraction of sp³-hybridized carbons (Fsp3) is 0.308. The summed E-state index contributed by atoms with van der Waals surface area (Å²) in [6.45, 7) is 1.44. The van der Waals surface area contributed by atoms with Crippen molar-refractivity contribution in [1.82, 2.24) is 0 Å². The lowest BCUT2D eigenvalue weighted by Gasteiger charge is -2.25. The van der Waals surface area contributed by atoms with Gasteiger partial charge in [0, 0.05) is 4.88 Å². The lowest BCUT2D eigenvalue weighted by molar-refractivity contribution is -0.114. The second-order valence-electron chi connectivity index (χ2n) is 8.18.